The van der Waals surface area contributed by atoms with Crippen LogP contribution in [0.25, 0.3) is 10.8 Å². The lowest BCUT2D eigenvalue weighted by Gasteiger charge is -2.31. The van der Waals surface area contributed by atoms with Gasteiger partial charge < -0.3 is 21.1 Å². The lowest BCUT2D eigenvalue weighted by atomic mass is 9.98. The smallest absolute Gasteiger partial charge is 0.314 e. The van der Waals surface area contributed by atoms with Crippen molar-refractivity contribution in [3.8, 4) is 5.75 Å². The first-order chi connectivity index (χ1) is 17.7. The van der Waals surface area contributed by atoms with Gasteiger partial charge in [-0.15, -0.1) is 12.4 Å². The molecule has 2 heterocycles. The van der Waals surface area contributed by atoms with Gasteiger partial charge in [0, 0.05) is 37.9 Å². The summed E-state index contributed by atoms with van der Waals surface area (Å²) in [4.78, 5) is 13.0. The highest BCUT2D eigenvalue weighted by Gasteiger charge is 2.38. The van der Waals surface area contributed by atoms with E-state index in [-0.39, 0.29) is 36.1 Å². The molecule has 9 nitrogen and oxygen atoms in total. The number of benzene rings is 3. The highest BCUT2D eigenvalue weighted by Crippen LogP contribution is 2.44. The fraction of sp³-hybridized carbons (Fsp3) is 0.333. The van der Waals surface area contributed by atoms with Crippen LogP contribution in [0.15, 0.2) is 54.6 Å². The predicted molar refractivity (Wildman–Crippen MR) is 152 cm³/mol. The zero-order valence-electron chi connectivity index (χ0n) is 21.1. The first kappa shape index (κ1) is 27.5. The van der Waals surface area contributed by atoms with Crippen LogP contribution in [-0.2, 0) is 16.4 Å². The number of carbonyl (C=O) groups excluding carboxylic acids is 1. The van der Waals surface area contributed by atoms with Crippen molar-refractivity contribution in [2.24, 2.45) is 11.5 Å². The minimum Gasteiger partial charge on any atom is -0.490 e. The normalized spacial score (nSPS) is 17.7. The van der Waals surface area contributed by atoms with Crippen LogP contribution < -0.4 is 20.5 Å². The molecule has 5 rings (SSSR count). The molecule has 0 bridgehead atoms. The summed E-state index contributed by atoms with van der Waals surface area (Å²) in [6.07, 6.45) is 1.87. The molecule has 0 aromatic heterocycles. The van der Waals surface area contributed by atoms with Crippen LogP contribution in [0.2, 0.25) is 0 Å². The van der Waals surface area contributed by atoms with Gasteiger partial charge in [-0.1, -0.05) is 24.3 Å². The lowest BCUT2D eigenvalue weighted by Crippen LogP contribution is -2.44. The number of fused-ring (bicyclic) bond motifs is 2. The average Bonchev–Trinajstić information content (AvgIpc) is 3.28. The third-order valence-electron chi connectivity index (χ3n) is 7.27. The number of halogens is 1. The number of hydrogen-bond acceptors (Lipinski definition) is 5. The fourth-order valence-corrected chi connectivity index (χ4v) is 6.58. The number of anilines is 1. The third kappa shape index (κ3) is 5.23. The number of sulfonamides is 1. The molecule has 5 N–H and O–H groups in total. The second-order valence-corrected chi connectivity index (χ2v) is 11.7. The van der Waals surface area contributed by atoms with Gasteiger partial charge in [-0.2, -0.15) is 0 Å². The number of carbonyl (C=O) groups is 1. The Morgan fingerprint density at radius 3 is 2.39 bits per heavy atom. The Hall–Kier alpha value is -3.50. The maximum atomic E-state index is 13.3. The Kier molecular flexibility index (Phi) is 7.75. The Bertz CT molecular complexity index is 1490. The van der Waals surface area contributed by atoms with Crippen molar-refractivity contribution in [3.63, 3.8) is 0 Å². The zero-order chi connectivity index (χ0) is 26.3. The van der Waals surface area contributed by atoms with E-state index in [4.69, 9.17) is 21.6 Å². The highest BCUT2D eigenvalue weighted by molar-refractivity contribution is 7.92. The minimum absolute atomic E-state index is 0. The van der Waals surface area contributed by atoms with Gasteiger partial charge in [-0.25, -0.2) is 13.2 Å². The Morgan fingerprint density at radius 1 is 1.03 bits per heavy atom. The van der Waals surface area contributed by atoms with E-state index < -0.39 is 16.1 Å². The molecule has 2 aliphatic heterocycles. The molecule has 0 spiro atoms. The van der Waals surface area contributed by atoms with Crippen LogP contribution in [0.4, 0.5) is 10.5 Å². The number of urea groups is 1. The van der Waals surface area contributed by atoms with Gasteiger partial charge in [-0.05, 0) is 59.2 Å². The molecular weight excluding hydrogens is 526 g/mol. The predicted octanol–water partition coefficient (Wildman–Crippen LogP) is 3.92. The summed E-state index contributed by atoms with van der Waals surface area (Å²) in [6, 6.07) is 16.3. The highest BCUT2D eigenvalue weighted by atomic mass is 35.5. The molecule has 11 heteroatoms. The molecule has 3 aromatic rings. The first-order valence-electron chi connectivity index (χ1n) is 12.4. The van der Waals surface area contributed by atoms with Crippen molar-refractivity contribution in [1.82, 2.24) is 4.90 Å². The summed E-state index contributed by atoms with van der Waals surface area (Å²) in [7, 11) is -3.55. The summed E-state index contributed by atoms with van der Waals surface area (Å²) in [5.74, 6) is 0.667. The standard InChI is InChI=1S/C27H31N5O4S.ClH/c1-2-37(34,35)32-24-8-7-23(36-22-9-11-31(12-10-22)27(30)33)15-21(24)16-25(32)18-5-3-17-4-6-19(26(28)29)14-20(17)13-18;/h3-8,13-15,22,25H,2,9-12,16H2,1H3,(H3,28,29)(H2,30,33);1H. The van der Waals surface area contributed by atoms with E-state index in [0.29, 0.717) is 49.4 Å². The van der Waals surface area contributed by atoms with Crippen LogP contribution in [0.5, 0.6) is 5.75 Å². The summed E-state index contributed by atoms with van der Waals surface area (Å²) >= 11 is 0. The number of amides is 2. The quantitative estimate of drug-likeness (QED) is 0.311. The molecule has 0 radical (unpaired) electrons. The van der Waals surface area contributed by atoms with Crippen LogP contribution in [-0.4, -0.2) is 50.1 Å². The minimum atomic E-state index is -3.55. The molecule has 1 fully saturated rings. The van der Waals surface area contributed by atoms with Crippen LogP contribution in [0.3, 0.4) is 0 Å². The average molecular weight is 558 g/mol. The van der Waals surface area contributed by atoms with Crippen molar-refractivity contribution >= 4 is 50.8 Å². The Labute approximate surface area is 228 Å². The van der Waals surface area contributed by atoms with E-state index in [2.05, 4.69) is 0 Å². The third-order valence-corrected chi connectivity index (χ3v) is 9.05. The number of amidine groups is 1. The molecule has 1 atom stereocenters. The van der Waals surface area contributed by atoms with Crippen molar-refractivity contribution in [2.45, 2.75) is 38.3 Å². The Morgan fingerprint density at radius 2 is 1.74 bits per heavy atom. The number of nitrogens with one attached hydrogen (secondary N) is 1. The van der Waals surface area contributed by atoms with Gasteiger partial charge in [0.05, 0.1) is 17.5 Å². The summed E-state index contributed by atoms with van der Waals surface area (Å²) < 4.78 is 34.2. The number of hydrogen-bond donors (Lipinski definition) is 3. The van der Waals surface area contributed by atoms with Gasteiger partial charge in [-0.3, -0.25) is 9.71 Å². The van der Waals surface area contributed by atoms with Gasteiger partial charge in [0.1, 0.15) is 17.7 Å². The largest absolute Gasteiger partial charge is 0.490 e. The summed E-state index contributed by atoms with van der Waals surface area (Å²) in [6.45, 7) is 2.77. The zero-order valence-corrected chi connectivity index (χ0v) is 22.7. The molecule has 1 saturated heterocycles. The van der Waals surface area contributed by atoms with E-state index in [1.807, 2.05) is 54.6 Å². The number of primary amides is 1. The van der Waals surface area contributed by atoms with E-state index in [1.165, 1.54) is 4.31 Å². The van der Waals surface area contributed by atoms with Crippen LogP contribution in [0.1, 0.15) is 42.5 Å². The molecule has 1 unspecified atom stereocenters. The number of likely N-dealkylation sites (tertiary alicyclic amines) is 1. The summed E-state index contributed by atoms with van der Waals surface area (Å²) in [5.41, 5.74) is 14.1. The lowest BCUT2D eigenvalue weighted by molar-refractivity contribution is 0.114. The Balaban J connectivity index is 0.00000336. The second-order valence-electron chi connectivity index (χ2n) is 9.58. The monoisotopic (exact) mass is 557 g/mol. The number of rotatable bonds is 6. The van der Waals surface area contributed by atoms with Crippen molar-refractivity contribution in [3.05, 3.63) is 71.3 Å². The van der Waals surface area contributed by atoms with Crippen LogP contribution in [0, 0.1) is 5.41 Å². The maximum absolute atomic E-state index is 13.3. The maximum Gasteiger partial charge on any atom is 0.314 e. The molecule has 38 heavy (non-hydrogen) atoms. The number of nitrogens with two attached hydrogens (primary N) is 2. The molecule has 0 aliphatic carbocycles. The van der Waals surface area contributed by atoms with Gasteiger partial charge in [0.15, 0.2) is 0 Å². The number of nitrogens with zero attached hydrogens (tertiary/aromatic N) is 2. The van der Waals surface area contributed by atoms with Crippen molar-refractivity contribution < 1.29 is 17.9 Å². The van der Waals surface area contributed by atoms with Gasteiger partial charge in [0.25, 0.3) is 0 Å². The van der Waals surface area contributed by atoms with Gasteiger partial charge in [0.2, 0.25) is 10.0 Å². The number of ether oxygens (including phenoxy) is 1. The van der Waals surface area contributed by atoms with Gasteiger partial charge >= 0.3 is 6.03 Å². The molecule has 0 saturated carbocycles. The second kappa shape index (κ2) is 10.7. The topological polar surface area (TPSA) is 143 Å². The van der Waals surface area contributed by atoms with Crippen LogP contribution >= 0.6 is 12.4 Å². The van der Waals surface area contributed by atoms with E-state index in [9.17, 15) is 13.2 Å². The molecule has 3 aromatic carbocycles. The van der Waals surface area contributed by atoms with Crippen molar-refractivity contribution in [2.75, 3.05) is 23.1 Å². The number of nitrogen functional groups attached to an aromatic ring is 1. The SMILES string of the molecule is CCS(=O)(=O)N1c2ccc(OC3CCN(C(N)=O)CC3)cc2CC1c1ccc2ccc(C(=N)N)cc2c1.Cl. The number of piperidine rings is 1. The molecule has 2 aliphatic rings. The van der Waals surface area contributed by atoms with E-state index in [1.54, 1.807) is 11.8 Å². The summed E-state index contributed by atoms with van der Waals surface area (Å²) in [5, 5.41) is 9.65. The molecule has 2 amide bonds. The first-order valence-corrected chi connectivity index (χ1v) is 14.0. The molecule has 202 valence electrons. The molecular formula is C27H32ClN5O4S. The van der Waals surface area contributed by atoms with E-state index in [0.717, 1.165) is 21.9 Å². The van der Waals surface area contributed by atoms with Crippen molar-refractivity contribution in [1.29, 1.82) is 5.41 Å². The van der Waals surface area contributed by atoms with E-state index >= 15 is 0 Å². The fourth-order valence-electron chi connectivity index (χ4n) is 5.24.